The van der Waals surface area contributed by atoms with Crippen LogP contribution in [0.1, 0.15) is 57.4 Å². The molecule has 2 aromatic heterocycles. The van der Waals surface area contributed by atoms with Gasteiger partial charge in [0.05, 0.1) is 6.20 Å². The monoisotopic (exact) mass is 664 g/mol. The van der Waals surface area contributed by atoms with Crippen molar-refractivity contribution in [2.24, 2.45) is 11.8 Å². The third kappa shape index (κ3) is 6.95. The van der Waals surface area contributed by atoms with Crippen LogP contribution in [0.25, 0.3) is 11.2 Å². The predicted octanol–water partition coefficient (Wildman–Crippen LogP) is 3.76. The number of rotatable bonds is 7. The first kappa shape index (κ1) is 32.6. The van der Waals surface area contributed by atoms with Crippen molar-refractivity contribution in [2.75, 3.05) is 70.0 Å². The highest BCUT2D eigenvalue weighted by Gasteiger charge is 2.34. The number of carbonyl (C=O) groups excluding carboxylic acids is 2. The summed E-state index contributed by atoms with van der Waals surface area (Å²) in [6.07, 6.45) is 7.82. The Bertz CT molecular complexity index is 1580. The molecule has 0 atom stereocenters. The summed E-state index contributed by atoms with van der Waals surface area (Å²) >= 11 is 0. The van der Waals surface area contributed by atoms with Gasteiger partial charge in [0.25, 0.3) is 0 Å². The molecule has 3 aromatic rings. The lowest BCUT2D eigenvalue weighted by Gasteiger charge is -2.36. The van der Waals surface area contributed by atoms with Crippen LogP contribution in [0.2, 0.25) is 0 Å². The van der Waals surface area contributed by atoms with Crippen molar-refractivity contribution in [1.29, 1.82) is 0 Å². The average Bonchev–Trinajstić information content (AvgIpc) is 3.47. The number of halogens is 2. The number of fused-ring (bicyclic) bond motifs is 1. The molecule has 4 fully saturated rings. The lowest BCUT2D eigenvalue weighted by atomic mass is 9.85. The molecule has 2 aliphatic carbocycles. The second kappa shape index (κ2) is 14.3. The highest BCUT2D eigenvalue weighted by atomic mass is 19.1. The smallest absolute Gasteiger partial charge is 0.225 e. The SMILES string of the molecule is CN1CCN(C(=O)C2CCC(Nc3ncc4nc(Nc5c(F)cccc5F)n(C5CCC(C(=O)N6CCNCC6)CC5)c4n3)CC2)CC1. The van der Waals surface area contributed by atoms with Crippen molar-refractivity contribution in [2.45, 2.75) is 63.5 Å². The number of amides is 2. The molecule has 0 radical (unpaired) electrons. The van der Waals surface area contributed by atoms with E-state index in [1.165, 1.54) is 18.2 Å². The van der Waals surface area contributed by atoms with E-state index < -0.39 is 11.6 Å². The van der Waals surface area contributed by atoms with E-state index >= 15 is 0 Å². The van der Waals surface area contributed by atoms with Crippen molar-refractivity contribution in [1.82, 2.24) is 39.5 Å². The lowest BCUT2D eigenvalue weighted by Crippen LogP contribution is -2.49. The fraction of sp³-hybridized carbons (Fsp3) is 0.618. The van der Waals surface area contributed by atoms with Gasteiger partial charge in [0.15, 0.2) is 5.65 Å². The van der Waals surface area contributed by atoms with Gasteiger partial charge >= 0.3 is 0 Å². The van der Waals surface area contributed by atoms with Crippen LogP contribution in [-0.2, 0) is 9.59 Å². The molecule has 258 valence electrons. The van der Waals surface area contributed by atoms with Crippen LogP contribution in [0.3, 0.4) is 0 Å². The Balaban J connectivity index is 1.08. The third-order valence-corrected chi connectivity index (χ3v) is 10.7. The molecule has 2 amide bonds. The summed E-state index contributed by atoms with van der Waals surface area (Å²) in [4.78, 5) is 46.8. The molecule has 3 N–H and O–H groups in total. The maximum Gasteiger partial charge on any atom is 0.225 e. The molecule has 1 aromatic carbocycles. The molecule has 2 saturated carbocycles. The Morgan fingerprint density at radius 3 is 2.06 bits per heavy atom. The lowest BCUT2D eigenvalue weighted by molar-refractivity contribution is -0.138. The number of imidazole rings is 1. The van der Waals surface area contributed by atoms with Crippen LogP contribution in [0.15, 0.2) is 24.4 Å². The Morgan fingerprint density at radius 1 is 0.812 bits per heavy atom. The first-order chi connectivity index (χ1) is 23.3. The number of piperazine rings is 2. The van der Waals surface area contributed by atoms with Gasteiger partial charge in [-0.3, -0.25) is 14.2 Å². The maximum absolute atomic E-state index is 14.8. The van der Waals surface area contributed by atoms with E-state index in [9.17, 15) is 18.4 Å². The Kier molecular flexibility index (Phi) is 9.71. The maximum atomic E-state index is 14.8. The molecule has 14 heteroatoms. The summed E-state index contributed by atoms with van der Waals surface area (Å²) in [6, 6.07) is 3.81. The number of nitrogens with one attached hydrogen (secondary N) is 3. The summed E-state index contributed by atoms with van der Waals surface area (Å²) in [5.41, 5.74) is 0.814. The second-order valence-corrected chi connectivity index (χ2v) is 13.8. The van der Waals surface area contributed by atoms with Crippen molar-refractivity contribution >= 4 is 40.6 Å². The highest BCUT2D eigenvalue weighted by molar-refractivity contribution is 5.80. The molecule has 4 aliphatic rings. The van der Waals surface area contributed by atoms with Crippen LogP contribution in [-0.4, -0.2) is 111 Å². The number of hydrogen-bond acceptors (Lipinski definition) is 9. The van der Waals surface area contributed by atoms with Crippen LogP contribution in [0.4, 0.5) is 26.4 Å². The standard InChI is InChI=1S/C34H46F2N10O2/c1-43-17-19-45(20-18-43)32(48)22-5-9-24(10-6-22)39-33-38-21-28-30(42-33)46(34(40-28)41-29-26(35)3-2-4-27(29)36)25-11-7-23(8-12-25)31(47)44-15-13-37-14-16-44/h2-4,21-25,37H,5-20H2,1H3,(H,40,41)(H,38,39,42). The fourth-order valence-electron chi connectivity index (χ4n) is 7.80. The minimum atomic E-state index is -0.714. The number of para-hydroxylation sites is 1. The van der Waals surface area contributed by atoms with Crippen molar-refractivity contribution in [3.63, 3.8) is 0 Å². The molecule has 48 heavy (non-hydrogen) atoms. The Morgan fingerprint density at radius 2 is 1.42 bits per heavy atom. The molecule has 2 aliphatic heterocycles. The van der Waals surface area contributed by atoms with Crippen molar-refractivity contribution in [3.8, 4) is 0 Å². The van der Waals surface area contributed by atoms with E-state index in [4.69, 9.17) is 9.97 Å². The summed E-state index contributed by atoms with van der Waals surface area (Å²) in [7, 11) is 2.09. The minimum absolute atomic E-state index is 0.0420. The normalized spacial score (nSPS) is 25.6. The van der Waals surface area contributed by atoms with Gasteiger partial charge in [-0.1, -0.05) is 6.07 Å². The molecule has 2 saturated heterocycles. The molecule has 0 spiro atoms. The van der Waals surface area contributed by atoms with Crippen LogP contribution in [0.5, 0.6) is 0 Å². The number of benzene rings is 1. The Hall–Kier alpha value is -3.91. The first-order valence-electron chi connectivity index (χ1n) is 17.5. The van der Waals surface area contributed by atoms with Gasteiger partial charge in [-0.05, 0) is 70.5 Å². The minimum Gasteiger partial charge on any atom is -0.351 e. The number of aromatic nitrogens is 4. The summed E-state index contributed by atoms with van der Waals surface area (Å²) < 4.78 is 31.4. The molecule has 0 unspecified atom stereocenters. The molecule has 4 heterocycles. The summed E-state index contributed by atoms with van der Waals surface area (Å²) in [6.45, 7) is 6.52. The van der Waals surface area contributed by atoms with Gasteiger partial charge in [0.2, 0.25) is 23.7 Å². The Labute approximate surface area is 279 Å². The van der Waals surface area contributed by atoms with E-state index in [2.05, 4.69) is 32.9 Å². The number of nitrogens with zero attached hydrogens (tertiary/aromatic N) is 7. The fourth-order valence-corrected chi connectivity index (χ4v) is 7.80. The largest absolute Gasteiger partial charge is 0.351 e. The van der Waals surface area contributed by atoms with Crippen molar-refractivity contribution in [3.05, 3.63) is 36.0 Å². The number of carbonyl (C=O) groups is 2. The van der Waals surface area contributed by atoms with Gasteiger partial charge in [-0.15, -0.1) is 0 Å². The van der Waals surface area contributed by atoms with E-state index in [1.807, 2.05) is 14.4 Å². The topological polar surface area (TPSA) is 124 Å². The molecule has 0 bridgehead atoms. The van der Waals surface area contributed by atoms with Crippen LogP contribution >= 0.6 is 0 Å². The quantitative estimate of drug-likeness (QED) is 0.347. The van der Waals surface area contributed by atoms with Gasteiger partial charge in [-0.2, -0.15) is 4.98 Å². The van der Waals surface area contributed by atoms with E-state index in [0.29, 0.717) is 48.7 Å². The summed E-state index contributed by atoms with van der Waals surface area (Å²) in [5.74, 6) is -0.172. The predicted molar refractivity (Wildman–Crippen MR) is 179 cm³/mol. The van der Waals surface area contributed by atoms with Crippen molar-refractivity contribution < 1.29 is 18.4 Å². The van der Waals surface area contributed by atoms with Crippen LogP contribution < -0.4 is 16.0 Å². The molecular weight excluding hydrogens is 618 g/mol. The zero-order chi connectivity index (χ0) is 33.2. The first-order valence-corrected chi connectivity index (χ1v) is 17.5. The highest BCUT2D eigenvalue weighted by Crippen LogP contribution is 2.38. The molecule has 7 rings (SSSR count). The zero-order valence-electron chi connectivity index (χ0n) is 27.6. The number of hydrogen-bond donors (Lipinski definition) is 3. The van der Waals surface area contributed by atoms with Gasteiger partial charge in [0, 0.05) is 76.3 Å². The van der Waals surface area contributed by atoms with Gasteiger partial charge < -0.3 is 30.7 Å². The van der Waals surface area contributed by atoms with Gasteiger partial charge in [0.1, 0.15) is 22.8 Å². The van der Waals surface area contributed by atoms with Crippen LogP contribution in [0, 0.1) is 23.5 Å². The second-order valence-electron chi connectivity index (χ2n) is 13.8. The molecule has 12 nitrogen and oxygen atoms in total. The van der Waals surface area contributed by atoms with E-state index in [-0.39, 0.29) is 41.4 Å². The summed E-state index contributed by atoms with van der Waals surface area (Å²) in [5, 5.41) is 9.71. The van der Waals surface area contributed by atoms with Gasteiger partial charge in [-0.25, -0.2) is 18.7 Å². The third-order valence-electron chi connectivity index (χ3n) is 10.7. The molecular formula is C34H46F2N10O2. The average molecular weight is 665 g/mol. The number of likely N-dealkylation sites (N-methyl/N-ethyl adjacent to an activating group) is 1. The van der Waals surface area contributed by atoms with E-state index in [0.717, 1.165) is 78.0 Å². The zero-order valence-corrected chi connectivity index (χ0v) is 27.6. The number of anilines is 3. The van der Waals surface area contributed by atoms with E-state index in [1.54, 1.807) is 6.20 Å².